The summed E-state index contributed by atoms with van der Waals surface area (Å²) in [5.74, 6) is 1.76. The van der Waals surface area contributed by atoms with Crippen LogP contribution >= 0.6 is 24.0 Å². The topological polar surface area (TPSA) is 53.8 Å². The lowest BCUT2D eigenvalue weighted by molar-refractivity contribution is 0.325. The van der Waals surface area contributed by atoms with Crippen LogP contribution in [-0.4, -0.2) is 38.3 Å². The van der Waals surface area contributed by atoms with Gasteiger partial charge in [0.15, 0.2) is 0 Å². The Morgan fingerprint density at radius 2 is 1.78 bits per heavy atom. The number of hydrogen-bond donors (Lipinski definition) is 0. The van der Waals surface area contributed by atoms with Crippen molar-refractivity contribution < 1.29 is 12.8 Å². The zero-order valence-electron chi connectivity index (χ0n) is 18.0. The summed E-state index contributed by atoms with van der Waals surface area (Å²) in [5, 5.41) is 0.680. The second kappa shape index (κ2) is 10.2. The molecule has 32 heavy (non-hydrogen) atoms. The summed E-state index contributed by atoms with van der Waals surface area (Å²) < 4.78 is 33.7. The molecule has 2 aromatic carbocycles. The second-order valence-electron chi connectivity index (χ2n) is 7.94. The molecule has 0 saturated heterocycles. The van der Waals surface area contributed by atoms with Gasteiger partial charge in [-0.3, -0.25) is 0 Å². The summed E-state index contributed by atoms with van der Waals surface area (Å²) in [6.45, 7) is 1.45. The van der Waals surface area contributed by atoms with E-state index in [9.17, 15) is 8.42 Å². The zero-order chi connectivity index (χ0) is 22.0. The molecule has 1 aromatic heterocycles. The number of hydrogen-bond acceptors (Lipinski definition) is 4. The van der Waals surface area contributed by atoms with Crippen molar-refractivity contribution in [2.75, 3.05) is 20.6 Å². The van der Waals surface area contributed by atoms with E-state index in [0.29, 0.717) is 36.0 Å². The van der Waals surface area contributed by atoms with E-state index in [-0.39, 0.29) is 12.4 Å². The van der Waals surface area contributed by atoms with Gasteiger partial charge in [0.1, 0.15) is 11.5 Å². The van der Waals surface area contributed by atoms with Crippen LogP contribution in [0.1, 0.15) is 28.2 Å². The van der Waals surface area contributed by atoms with E-state index in [4.69, 9.17) is 16.0 Å². The number of rotatable bonds is 6. The molecule has 2 heterocycles. The van der Waals surface area contributed by atoms with Gasteiger partial charge in [-0.1, -0.05) is 48.0 Å². The van der Waals surface area contributed by atoms with Crippen molar-refractivity contribution >= 4 is 46.2 Å². The maximum Gasteiger partial charge on any atom is 0.243 e. The molecule has 0 N–H and O–H groups in total. The highest BCUT2D eigenvalue weighted by molar-refractivity contribution is 7.89. The van der Waals surface area contributed by atoms with Gasteiger partial charge >= 0.3 is 0 Å². The molecular weight excluding hydrogens is 467 g/mol. The van der Waals surface area contributed by atoms with E-state index in [0.717, 1.165) is 28.2 Å². The summed E-state index contributed by atoms with van der Waals surface area (Å²) in [6, 6.07) is 16.5. The normalized spacial score (nSPS) is 14.5. The van der Waals surface area contributed by atoms with Crippen LogP contribution in [0, 0.1) is 0 Å². The Labute approximate surface area is 200 Å². The van der Waals surface area contributed by atoms with Crippen molar-refractivity contribution in [2.45, 2.75) is 24.4 Å². The van der Waals surface area contributed by atoms with E-state index in [1.807, 2.05) is 73.6 Å². The van der Waals surface area contributed by atoms with E-state index >= 15 is 0 Å². The van der Waals surface area contributed by atoms with Gasteiger partial charge in [0.25, 0.3) is 0 Å². The minimum absolute atomic E-state index is 0. The van der Waals surface area contributed by atoms with Crippen molar-refractivity contribution in [3.8, 4) is 0 Å². The maximum absolute atomic E-state index is 13.2. The van der Waals surface area contributed by atoms with Crippen molar-refractivity contribution in [1.82, 2.24) is 9.21 Å². The molecular formula is C24H26Cl2N2O3S. The van der Waals surface area contributed by atoms with Crippen LogP contribution in [-0.2, 0) is 29.5 Å². The monoisotopic (exact) mass is 492 g/mol. The first-order valence-electron chi connectivity index (χ1n) is 10.1. The first kappa shape index (κ1) is 24.6. The van der Waals surface area contributed by atoms with Crippen LogP contribution in [0.25, 0.3) is 12.2 Å². The van der Waals surface area contributed by atoms with Gasteiger partial charge in [-0.05, 0) is 55.6 Å². The van der Waals surface area contributed by atoms with Gasteiger partial charge in [-0.25, -0.2) is 8.42 Å². The number of sulfonamides is 1. The lowest BCUT2D eigenvalue weighted by atomic mass is 10.1. The third-order valence-corrected chi connectivity index (χ3v) is 7.28. The number of benzene rings is 2. The minimum Gasteiger partial charge on any atom is -0.464 e. The number of nitrogens with zero attached hydrogens (tertiary/aromatic N) is 2. The molecule has 0 radical (unpaired) electrons. The van der Waals surface area contributed by atoms with Crippen LogP contribution in [0.15, 0.2) is 63.9 Å². The van der Waals surface area contributed by atoms with Gasteiger partial charge in [0, 0.05) is 30.1 Å². The molecule has 170 valence electrons. The molecule has 0 unspecified atom stereocenters. The molecule has 1 aliphatic heterocycles. The van der Waals surface area contributed by atoms with Crippen molar-refractivity contribution in [3.05, 3.63) is 87.8 Å². The molecule has 0 amide bonds. The van der Waals surface area contributed by atoms with E-state index in [1.54, 1.807) is 12.1 Å². The average Bonchev–Trinajstić information content (AvgIpc) is 3.13. The van der Waals surface area contributed by atoms with Crippen LogP contribution in [0.5, 0.6) is 0 Å². The molecule has 0 atom stereocenters. The van der Waals surface area contributed by atoms with Gasteiger partial charge in [0.2, 0.25) is 10.0 Å². The molecule has 0 bridgehead atoms. The Hall–Kier alpha value is -2.09. The van der Waals surface area contributed by atoms with Crippen LogP contribution < -0.4 is 0 Å². The van der Waals surface area contributed by atoms with Crippen LogP contribution in [0.3, 0.4) is 0 Å². The first-order valence-corrected chi connectivity index (χ1v) is 11.9. The molecule has 8 heteroatoms. The molecule has 0 spiro atoms. The molecule has 5 nitrogen and oxygen atoms in total. The molecule has 3 aromatic rings. The van der Waals surface area contributed by atoms with Crippen molar-refractivity contribution in [1.29, 1.82) is 0 Å². The van der Waals surface area contributed by atoms with Crippen LogP contribution in [0.2, 0.25) is 5.02 Å². The standard InChI is InChI=1S/C24H25ClN2O3S.ClH/c1-26(2)17-22-15-20-16-27(13-12-24(20)30-22)31(28,29)23-10-8-18(9-11-23)6-7-19-4-3-5-21(25)14-19;/h3-11,14-15H,12-13,16-17H2,1-2H3;1H. The number of fused-ring (bicyclic) bond motifs is 1. The molecule has 0 fully saturated rings. The third-order valence-electron chi connectivity index (χ3n) is 5.19. The number of halogens is 2. The highest BCUT2D eigenvalue weighted by atomic mass is 35.5. The Morgan fingerprint density at radius 1 is 1.06 bits per heavy atom. The highest BCUT2D eigenvalue weighted by Gasteiger charge is 2.30. The van der Waals surface area contributed by atoms with Crippen molar-refractivity contribution in [2.24, 2.45) is 0 Å². The van der Waals surface area contributed by atoms with Crippen molar-refractivity contribution in [3.63, 3.8) is 0 Å². The molecule has 0 aliphatic carbocycles. The number of furan rings is 1. The Morgan fingerprint density at radius 3 is 2.47 bits per heavy atom. The predicted octanol–water partition coefficient (Wildman–Crippen LogP) is 5.33. The summed E-state index contributed by atoms with van der Waals surface area (Å²) in [6.07, 6.45) is 4.47. The first-order chi connectivity index (χ1) is 14.8. The fourth-order valence-electron chi connectivity index (χ4n) is 3.67. The van der Waals surface area contributed by atoms with E-state index < -0.39 is 10.0 Å². The van der Waals surface area contributed by atoms with Gasteiger partial charge < -0.3 is 9.32 Å². The summed E-state index contributed by atoms with van der Waals surface area (Å²) >= 11 is 6.01. The van der Waals surface area contributed by atoms with Gasteiger partial charge in [-0.2, -0.15) is 4.31 Å². The second-order valence-corrected chi connectivity index (χ2v) is 10.3. The molecule has 0 saturated carbocycles. The van der Waals surface area contributed by atoms with E-state index in [2.05, 4.69) is 0 Å². The smallest absolute Gasteiger partial charge is 0.243 e. The summed E-state index contributed by atoms with van der Waals surface area (Å²) in [7, 11) is 0.388. The Bertz CT molecular complexity index is 1200. The third kappa shape index (κ3) is 5.63. The summed E-state index contributed by atoms with van der Waals surface area (Å²) in [5.41, 5.74) is 2.86. The quantitative estimate of drug-likeness (QED) is 0.436. The Kier molecular flexibility index (Phi) is 7.85. The largest absolute Gasteiger partial charge is 0.464 e. The molecule has 1 aliphatic rings. The van der Waals surface area contributed by atoms with Gasteiger partial charge in [-0.15, -0.1) is 12.4 Å². The minimum atomic E-state index is -3.57. The van der Waals surface area contributed by atoms with Gasteiger partial charge in [0.05, 0.1) is 11.4 Å². The predicted molar refractivity (Wildman–Crippen MR) is 131 cm³/mol. The highest BCUT2D eigenvalue weighted by Crippen LogP contribution is 2.28. The molecule has 4 rings (SSSR count). The maximum atomic E-state index is 13.2. The zero-order valence-corrected chi connectivity index (χ0v) is 20.4. The summed E-state index contributed by atoms with van der Waals surface area (Å²) in [4.78, 5) is 2.33. The average molecular weight is 493 g/mol. The lowest BCUT2D eigenvalue weighted by Crippen LogP contribution is -2.35. The lowest BCUT2D eigenvalue weighted by Gasteiger charge is -2.25. The van der Waals surface area contributed by atoms with Crippen LogP contribution in [0.4, 0.5) is 0 Å². The fraction of sp³-hybridized carbons (Fsp3) is 0.250. The fourth-order valence-corrected chi connectivity index (χ4v) is 5.28. The SMILES string of the molecule is CN(C)Cc1cc2c(o1)CCN(S(=O)(=O)c1ccc(C=Cc3cccc(Cl)c3)cc1)C2.Cl. The van der Waals surface area contributed by atoms with E-state index in [1.165, 1.54) is 4.31 Å². The Balaban J connectivity index is 0.00000289.